The van der Waals surface area contributed by atoms with Crippen LogP contribution in [0.15, 0.2) is 90.8 Å². The molecule has 0 bridgehead atoms. The van der Waals surface area contributed by atoms with E-state index in [4.69, 9.17) is 31.9 Å². The molecule has 0 radical (unpaired) electrons. The lowest BCUT2D eigenvalue weighted by molar-refractivity contribution is -0.940. The van der Waals surface area contributed by atoms with E-state index in [0.717, 1.165) is 22.4 Å². The van der Waals surface area contributed by atoms with E-state index in [0.29, 0.717) is 81.6 Å². The van der Waals surface area contributed by atoms with Gasteiger partial charge >= 0.3 is 5.97 Å². The smallest absolute Gasteiger partial charge is 0.308 e. The van der Waals surface area contributed by atoms with Crippen molar-refractivity contribution in [1.29, 1.82) is 0 Å². The van der Waals surface area contributed by atoms with Crippen molar-refractivity contribution in [3.63, 3.8) is 0 Å². The maximum atomic E-state index is 14.7. The minimum atomic E-state index is -3.92. The molecular weight excluding hydrogens is 985 g/mol. The van der Waals surface area contributed by atoms with E-state index in [9.17, 15) is 28.8 Å². The van der Waals surface area contributed by atoms with Crippen LogP contribution in [0.3, 0.4) is 0 Å². The number of benzene rings is 3. The number of amides is 2. The Kier molecular flexibility index (Phi) is 22.5. The topological polar surface area (TPSA) is 260 Å². The fourth-order valence-electron chi connectivity index (χ4n) is 9.21. The van der Waals surface area contributed by atoms with E-state index < -0.39 is 51.5 Å². The monoisotopic (exact) mass is 1060 g/mol. The quantitative estimate of drug-likeness (QED) is 0.0222. The molecule has 410 valence electrons. The molecule has 2 saturated heterocycles. The number of hydrazine groups is 2. The number of epoxide rings is 1. The number of ether oxygens (including phenoxy) is 4. The van der Waals surface area contributed by atoms with Crippen LogP contribution >= 0.6 is 0 Å². The molecule has 20 heteroatoms. The van der Waals surface area contributed by atoms with Gasteiger partial charge in [-0.05, 0) is 80.2 Å². The van der Waals surface area contributed by atoms with E-state index in [2.05, 4.69) is 27.0 Å². The summed E-state index contributed by atoms with van der Waals surface area (Å²) < 4.78 is 50.4. The van der Waals surface area contributed by atoms with E-state index >= 15 is 0 Å². The average molecular weight is 1060 g/mol. The Labute approximate surface area is 441 Å². The van der Waals surface area contributed by atoms with Gasteiger partial charge in [0.05, 0.1) is 47.7 Å². The summed E-state index contributed by atoms with van der Waals surface area (Å²) in [5.41, 5.74) is 11.1. The number of morpholine rings is 1. The molecule has 0 aromatic heterocycles. The van der Waals surface area contributed by atoms with Crippen LogP contribution in [-0.4, -0.2) is 123 Å². The van der Waals surface area contributed by atoms with Gasteiger partial charge in [-0.1, -0.05) is 88.4 Å². The Morgan fingerprint density at radius 3 is 1.96 bits per heavy atom. The van der Waals surface area contributed by atoms with Crippen LogP contribution < -0.4 is 36.5 Å². The molecule has 0 spiro atoms. The lowest BCUT2D eigenvalue weighted by atomic mass is 9.87. The van der Waals surface area contributed by atoms with Crippen molar-refractivity contribution in [3.05, 3.63) is 107 Å². The number of ketones is 3. The van der Waals surface area contributed by atoms with Crippen molar-refractivity contribution >= 4 is 45.3 Å². The minimum Gasteiger partial charge on any atom is -0.748 e. The third-order valence-corrected chi connectivity index (χ3v) is 13.1. The maximum Gasteiger partial charge on any atom is 0.308 e. The van der Waals surface area contributed by atoms with Gasteiger partial charge in [-0.2, -0.15) is 5.53 Å². The number of quaternary nitrogens is 1. The molecule has 5 N–H and O–H groups in total. The molecule has 19 nitrogen and oxygen atoms in total. The number of hydrogen-bond donors (Lipinski definition) is 5. The van der Waals surface area contributed by atoms with Crippen LogP contribution in [0.2, 0.25) is 0 Å². The zero-order valence-corrected chi connectivity index (χ0v) is 45.1. The zero-order valence-electron chi connectivity index (χ0n) is 44.3. The predicted octanol–water partition coefficient (Wildman–Crippen LogP) is 4.40. The Hall–Kier alpha value is -6.03. The highest BCUT2D eigenvalue weighted by molar-refractivity contribution is 7.84. The SMILES string of the molecule is CC(=O)Oc1ccc(C[N+]2(CC(=O)C[C@@H](CCc3ccccc3)C(=O)N[C@@H](CC(C)C)C(=O)C[C@@H](Cc3ccccc3)C(=O)N[C@@H](CC(C)C)C(=O)[C@@]3(C)CO3)CCOCC2)cc1OCC1=CNNN1.CS(=O)(=O)[O-]. The summed E-state index contributed by atoms with van der Waals surface area (Å²) in [4.78, 5) is 83.6. The van der Waals surface area contributed by atoms with Gasteiger partial charge < -0.3 is 49.5 Å². The molecule has 2 fully saturated rings. The highest BCUT2D eigenvalue weighted by Gasteiger charge is 2.50. The summed E-state index contributed by atoms with van der Waals surface area (Å²) in [5, 5.41) is 6.09. The number of nitrogens with zero attached hydrogens (tertiary/aromatic N) is 1. The summed E-state index contributed by atoms with van der Waals surface area (Å²) in [5.74, 6) is -2.64. The lowest BCUT2D eigenvalue weighted by Crippen LogP contribution is -2.57. The Morgan fingerprint density at radius 2 is 1.39 bits per heavy atom. The first-order chi connectivity index (χ1) is 35.5. The van der Waals surface area contributed by atoms with Crippen molar-refractivity contribution < 1.29 is 65.2 Å². The molecule has 3 aromatic carbocycles. The Bertz CT molecular complexity index is 2540. The van der Waals surface area contributed by atoms with Gasteiger partial charge in [-0.15, -0.1) is 0 Å². The molecule has 75 heavy (non-hydrogen) atoms. The average Bonchev–Trinajstić information content (AvgIpc) is 3.87. The first kappa shape index (κ1) is 59.8. The number of esters is 1. The number of rotatable bonds is 28. The molecule has 0 saturated carbocycles. The van der Waals surface area contributed by atoms with Crippen LogP contribution in [0, 0.1) is 23.7 Å². The second-order valence-electron chi connectivity index (χ2n) is 20.9. The second-order valence-corrected chi connectivity index (χ2v) is 22.3. The van der Waals surface area contributed by atoms with Gasteiger partial charge in [0.25, 0.3) is 0 Å². The molecule has 3 aliphatic rings. The van der Waals surface area contributed by atoms with Crippen LogP contribution in [0.1, 0.15) is 90.3 Å². The van der Waals surface area contributed by atoms with Crippen molar-refractivity contribution in [1.82, 2.24) is 27.0 Å². The normalized spacial score (nSPS) is 18.3. The van der Waals surface area contributed by atoms with Crippen molar-refractivity contribution in [2.45, 2.75) is 111 Å². The standard InChI is InChI=1S/C54H72N6O10.CH4O3S/c1-36(2)25-46(48(63)30-43(27-40-15-11-8-12-16-40)53(66)57-47(26-37(3)4)51(64)54(6)35-69-54)56-52(65)42(19-17-39-13-9-7-10-14-39)29-45(62)33-60(21-23-67-24-22-60)32-41-18-20-49(70-38(5)61)50(28-41)68-34-44-31-55-59-58-44;1-5(2,3)4/h7-16,18,20,28,31,36-37,42-43,46-47,55,58-59H,17,19,21-27,29-30,32-35H2,1-6H3,(H-,56,57,65,66);1H3,(H,2,3,4)/t42-,43-,46+,47+,54-;/m1./s1. The van der Waals surface area contributed by atoms with Gasteiger partial charge in [0, 0.05) is 49.6 Å². The predicted molar refractivity (Wildman–Crippen MR) is 279 cm³/mol. The third-order valence-electron chi connectivity index (χ3n) is 13.1. The molecular formula is C55H76N6O13S. The van der Waals surface area contributed by atoms with Gasteiger partial charge in [0.2, 0.25) is 11.8 Å². The molecule has 2 amide bonds. The van der Waals surface area contributed by atoms with Crippen LogP contribution in [0.25, 0.3) is 0 Å². The van der Waals surface area contributed by atoms with E-state index in [1.165, 1.54) is 6.92 Å². The highest BCUT2D eigenvalue weighted by Crippen LogP contribution is 2.32. The number of Topliss-reactive ketones (excluding diaryl/α,β-unsaturated/α-hetero) is 3. The van der Waals surface area contributed by atoms with Crippen molar-refractivity contribution in [2.24, 2.45) is 23.7 Å². The largest absolute Gasteiger partial charge is 0.748 e. The second kappa shape index (κ2) is 28.2. The number of carbonyl (C=O) groups is 6. The first-order valence-corrected chi connectivity index (χ1v) is 27.5. The highest BCUT2D eigenvalue weighted by atomic mass is 32.2. The fraction of sp³-hybridized carbons (Fsp3) is 0.527. The summed E-state index contributed by atoms with van der Waals surface area (Å²) >= 11 is 0. The molecule has 6 rings (SSSR count). The summed E-state index contributed by atoms with van der Waals surface area (Å²) in [6, 6.07) is 22.9. The first-order valence-electron chi connectivity index (χ1n) is 25.6. The van der Waals surface area contributed by atoms with Gasteiger partial charge in [-0.25, -0.2) is 8.42 Å². The lowest BCUT2D eigenvalue weighted by Gasteiger charge is -2.41. The molecule has 3 aromatic rings. The minimum absolute atomic E-state index is 0.0116. The molecule has 3 heterocycles. The summed E-state index contributed by atoms with van der Waals surface area (Å²) in [6.45, 7) is 14.1. The van der Waals surface area contributed by atoms with Gasteiger partial charge in [-0.3, -0.25) is 28.8 Å². The number of nitrogens with one attached hydrogen (secondary N) is 5. The van der Waals surface area contributed by atoms with Crippen LogP contribution in [0.5, 0.6) is 11.5 Å². The molecule has 3 aliphatic heterocycles. The molecule has 0 aliphatic carbocycles. The number of hydrogen-bond acceptors (Lipinski definition) is 16. The van der Waals surface area contributed by atoms with Crippen LogP contribution in [-0.2, 0) is 67.7 Å². The van der Waals surface area contributed by atoms with E-state index in [-0.39, 0.29) is 73.3 Å². The van der Waals surface area contributed by atoms with Crippen molar-refractivity contribution in [2.75, 3.05) is 52.3 Å². The van der Waals surface area contributed by atoms with Gasteiger partial charge in [0.1, 0.15) is 38.4 Å². The maximum absolute atomic E-state index is 14.7. The number of carbonyl (C=O) groups excluding carboxylic acids is 6. The van der Waals surface area contributed by atoms with Crippen LogP contribution in [0.4, 0.5) is 0 Å². The van der Waals surface area contributed by atoms with E-state index in [1.54, 1.807) is 19.2 Å². The Morgan fingerprint density at radius 1 is 0.800 bits per heavy atom. The van der Waals surface area contributed by atoms with Crippen molar-refractivity contribution in [3.8, 4) is 11.5 Å². The zero-order chi connectivity index (χ0) is 54.8. The third kappa shape index (κ3) is 20.9. The molecule has 0 unspecified atom stereocenters. The summed E-state index contributed by atoms with van der Waals surface area (Å²) in [6.07, 6.45) is 4.04. The summed E-state index contributed by atoms with van der Waals surface area (Å²) in [7, 11) is -3.92. The molecule has 5 atom stereocenters. The fourth-order valence-corrected chi connectivity index (χ4v) is 9.21. The number of aryl methyl sites for hydroxylation is 1. The van der Waals surface area contributed by atoms with E-state index in [1.807, 2.05) is 100 Å². The Balaban J connectivity index is 0.00000198. The van der Waals surface area contributed by atoms with Gasteiger partial charge in [0.15, 0.2) is 28.8 Å².